The maximum Gasteiger partial charge on any atom is 0.247 e. The van der Waals surface area contributed by atoms with Gasteiger partial charge in [-0.05, 0) is 42.7 Å². The number of hydrogen-bond donors (Lipinski definition) is 1. The van der Waals surface area contributed by atoms with Gasteiger partial charge in [0.1, 0.15) is 11.9 Å². The van der Waals surface area contributed by atoms with Crippen molar-refractivity contribution in [2.75, 3.05) is 0 Å². The lowest BCUT2D eigenvalue weighted by Gasteiger charge is -2.39. The molecule has 0 saturated carbocycles. The molecular formula is C20H21FN2O2. The number of nitrogens with one attached hydrogen (secondary N) is 1. The number of benzene rings is 2. The van der Waals surface area contributed by atoms with Crippen LogP contribution in [0.25, 0.3) is 0 Å². The quantitative estimate of drug-likeness (QED) is 0.930. The third kappa shape index (κ3) is 3.55. The van der Waals surface area contributed by atoms with E-state index < -0.39 is 6.04 Å². The van der Waals surface area contributed by atoms with E-state index in [-0.39, 0.29) is 30.2 Å². The molecular weight excluding hydrogens is 319 g/mol. The van der Waals surface area contributed by atoms with E-state index in [9.17, 15) is 14.0 Å². The van der Waals surface area contributed by atoms with Crippen molar-refractivity contribution in [3.05, 3.63) is 71.0 Å². The summed E-state index contributed by atoms with van der Waals surface area (Å²) in [6.45, 7) is 4.11. The molecule has 2 aromatic rings. The summed E-state index contributed by atoms with van der Waals surface area (Å²) in [6.07, 6.45) is 0.316. The summed E-state index contributed by atoms with van der Waals surface area (Å²) in [7, 11) is 0. The highest BCUT2D eigenvalue weighted by molar-refractivity contribution is 5.92. The third-order valence-electron chi connectivity index (χ3n) is 4.44. The van der Waals surface area contributed by atoms with Crippen molar-refractivity contribution in [1.29, 1.82) is 0 Å². The standard InChI is InChI=1S/C20H21FN2O2/c1-13(2)23-18(24)11-15-5-3-4-6-17(15)19(23)20(25)22-12-14-7-9-16(21)10-8-14/h3-10,13,19H,11-12H2,1-2H3,(H,22,25)/t19-/m0/s1. The molecule has 1 atom stereocenters. The molecule has 3 rings (SSSR count). The smallest absolute Gasteiger partial charge is 0.247 e. The molecule has 0 unspecified atom stereocenters. The van der Waals surface area contributed by atoms with Crippen LogP contribution >= 0.6 is 0 Å². The number of nitrogens with zero attached hydrogens (tertiary/aromatic N) is 1. The fourth-order valence-corrected chi connectivity index (χ4v) is 3.25. The first kappa shape index (κ1) is 17.1. The average Bonchev–Trinajstić information content (AvgIpc) is 2.59. The highest BCUT2D eigenvalue weighted by Crippen LogP contribution is 2.32. The van der Waals surface area contributed by atoms with E-state index in [1.54, 1.807) is 17.0 Å². The molecule has 25 heavy (non-hydrogen) atoms. The van der Waals surface area contributed by atoms with Crippen LogP contribution in [0.3, 0.4) is 0 Å². The minimum Gasteiger partial charge on any atom is -0.350 e. The van der Waals surface area contributed by atoms with Crippen LogP contribution in [-0.4, -0.2) is 22.8 Å². The summed E-state index contributed by atoms with van der Waals surface area (Å²) in [5.74, 6) is -0.581. The Balaban J connectivity index is 1.84. The maximum atomic E-state index is 13.0. The number of hydrogen-bond acceptors (Lipinski definition) is 2. The molecule has 0 spiro atoms. The van der Waals surface area contributed by atoms with E-state index in [0.29, 0.717) is 6.42 Å². The number of halogens is 1. The summed E-state index contributed by atoms with van der Waals surface area (Å²) < 4.78 is 13.0. The predicted octanol–water partition coefficient (Wildman–Crippen LogP) is 2.98. The van der Waals surface area contributed by atoms with Crippen LogP contribution in [0.4, 0.5) is 4.39 Å². The zero-order valence-electron chi connectivity index (χ0n) is 14.3. The van der Waals surface area contributed by atoms with Crippen molar-refractivity contribution in [3.63, 3.8) is 0 Å². The van der Waals surface area contributed by atoms with Crippen LogP contribution in [0.2, 0.25) is 0 Å². The number of carbonyl (C=O) groups is 2. The lowest BCUT2D eigenvalue weighted by molar-refractivity contribution is -0.143. The molecule has 0 saturated heterocycles. The molecule has 2 amide bonds. The highest BCUT2D eigenvalue weighted by Gasteiger charge is 2.38. The van der Waals surface area contributed by atoms with Crippen molar-refractivity contribution in [1.82, 2.24) is 10.2 Å². The van der Waals surface area contributed by atoms with Crippen molar-refractivity contribution >= 4 is 11.8 Å². The van der Waals surface area contributed by atoms with E-state index in [4.69, 9.17) is 0 Å². The Hall–Kier alpha value is -2.69. The zero-order valence-corrected chi connectivity index (χ0v) is 14.3. The van der Waals surface area contributed by atoms with Crippen LogP contribution in [0, 0.1) is 5.82 Å². The van der Waals surface area contributed by atoms with Gasteiger partial charge in [-0.3, -0.25) is 9.59 Å². The topological polar surface area (TPSA) is 49.4 Å². The number of fused-ring (bicyclic) bond motifs is 1. The Morgan fingerprint density at radius 2 is 1.88 bits per heavy atom. The van der Waals surface area contributed by atoms with Gasteiger partial charge in [0.05, 0.1) is 6.42 Å². The molecule has 1 heterocycles. The third-order valence-corrected chi connectivity index (χ3v) is 4.44. The van der Waals surface area contributed by atoms with Gasteiger partial charge in [-0.25, -0.2) is 4.39 Å². The molecule has 1 aliphatic rings. The van der Waals surface area contributed by atoms with Gasteiger partial charge in [-0.1, -0.05) is 36.4 Å². The van der Waals surface area contributed by atoms with Gasteiger partial charge < -0.3 is 10.2 Å². The molecule has 130 valence electrons. The van der Waals surface area contributed by atoms with Gasteiger partial charge in [-0.2, -0.15) is 0 Å². The Morgan fingerprint density at radius 3 is 2.56 bits per heavy atom. The fourth-order valence-electron chi connectivity index (χ4n) is 3.25. The first-order valence-electron chi connectivity index (χ1n) is 8.38. The van der Waals surface area contributed by atoms with Crippen LogP contribution in [0.5, 0.6) is 0 Å². The fraction of sp³-hybridized carbons (Fsp3) is 0.300. The first-order valence-corrected chi connectivity index (χ1v) is 8.38. The molecule has 4 nitrogen and oxygen atoms in total. The second kappa shape index (κ2) is 7.05. The van der Waals surface area contributed by atoms with Crippen LogP contribution in [-0.2, 0) is 22.6 Å². The molecule has 5 heteroatoms. The van der Waals surface area contributed by atoms with E-state index in [2.05, 4.69) is 5.32 Å². The highest BCUT2D eigenvalue weighted by atomic mass is 19.1. The minimum atomic E-state index is -0.641. The second-order valence-electron chi connectivity index (χ2n) is 6.52. The molecule has 0 bridgehead atoms. The number of rotatable bonds is 4. The molecule has 0 aromatic heterocycles. The summed E-state index contributed by atoms with van der Waals surface area (Å²) in [4.78, 5) is 27.1. The first-order chi connectivity index (χ1) is 12.0. The SMILES string of the molecule is CC(C)N1C(=O)Cc2ccccc2[C@H]1C(=O)NCc1ccc(F)cc1. The lowest BCUT2D eigenvalue weighted by atomic mass is 9.90. The molecule has 1 aliphatic heterocycles. The average molecular weight is 340 g/mol. The van der Waals surface area contributed by atoms with E-state index in [0.717, 1.165) is 16.7 Å². The monoisotopic (exact) mass is 340 g/mol. The molecule has 0 radical (unpaired) electrons. The van der Waals surface area contributed by atoms with E-state index in [1.165, 1.54) is 12.1 Å². The minimum absolute atomic E-state index is 0.0457. The molecule has 1 N–H and O–H groups in total. The molecule has 2 aromatic carbocycles. The predicted molar refractivity (Wildman–Crippen MR) is 93.1 cm³/mol. The van der Waals surface area contributed by atoms with E-state index >= 15 is 0 Å². The summed E-state index contributed by atoms with van der Waals surface area (Å²) in [6, 6.07) is 12.8. The van der Waals surface area contributed by atoms with Gasteiger partial charge in [0.2, 0.25) is 11.8 Å². The van der Waals surface area contributed by atoms with Gasteiger partial charge in [-0.15, -0.1) is 0 Å². The van der Waals surface area contributed by atoms with Crippen molar-refractivity contribution in [3.8, 4) is 0 Å². The number of carbonyl (C=O) groups excluding carboxylic acids is 2. The largest absolute Gasteiger partial charge is 0.350 e. The number of amides is 2. The van der Waals surface area contributed by atoms with Crippen LogP contribution in [0.1, 0.15) is 36.6 Å². The summed E-state index contributed by atoms with van der Waals surface area (Å²) >= 11 is 0. The van der Waals surface area contributed by atoms with Crippen LogP contribution < -0.4 is 5.32 Å². The van der Waals surface area contributed by atoms with Crippen molar-refractivity contribution in [2.24, 2.45) is 0 Å². The van der Waals surface area contributed by atoms with Crippen molar-refractivity contribution in [2.45, 2.75) is 38.9 Å². The lowest BCUT2D eigenvalue weighted by Crippen LogP contribution is -2.50. The van der Waals surface area contributed by atoms with Gasteiger partial charge in [0.15, 0.2) is 0 Å². The Bertz CT molecular complexity index is 787. The summed E-state index contributed by atoms with van der Waals surface area (Å²) in [5, 5.41) is 2.88. The van der Waals surface area contributed by atoms with Crippen LogP contribution in [0.15, 0.2) is 48.5 Å². The second-order valence-corrected chi connectivity index (χ2v) is 6.52. The molecule has 0 fully saturated rings. The maximum absolute atomic E-state index is 13.0. The molecule has 0 aliphatic carbocycles. The van der Waals surface area contributed by atoms with Crippen molar-refractivity contribution < 1.29 is 14.0 Å². The summed E-state index contributed by atoms with van der Waals surface area (Å²) in [5.41, 5.74) is 2.57. The van der Waals surface area contributed by atoms with Gasteiger partial charge in [0.25, 0.3) is 0 Å². The van der Waals surface area contributed by atoms with Gasteiger partial charge >= 0.3 is 0 Å². The normalized spacial score (nSPS) is 16.7. The Kier molecular flexibility index (Phi) is 4.83. The zero-order chi connectivity index (χ0) is 18.0. The Morgan fingerprint density at radius 1 is 1.20 bits per heavy atom. The Labute approximate surface area is 146 Å². The van der Waals surface area contributed by atoms with Gasteiger partial charge in [0, 0.05) is 12.6 Å². The van der Waals surface area contributed by atoms with E-state index in [1.807, 2.05) is 38.1 Å².